The summed E-state index contributed by atoms with van der Waals surface area (Å²) < 4.78 is 0. The van der Waals surface area contributed by atoms with Crippen LogP contribution in [0.25, 0.3) is 0 Å². The molecule has 1 aromatic rings. The van der Waals surface area contributed by atoms with Crippen molar-refractivity contribution >= 4 is 29.9 Å². The molecule has 0 spiro atoms. The van der Waals surface area contributed by atoms with Crippen LogP contribution in [-0.2, 0) is 5.41 Å². The van der Waals surface area contributed by atoms with Crippen LogP contribution < -0.4 is 5.73 Å². The molecule has 20 heavy (non-hydrogen) atoms. The van der Waals surface area contributed by atoms with Crippen LogP contribution in [0.4, 0.5) is 0 Å². The number of nitrogens with two attached hydrogens (primary N) is 1. The lowest BCUT2D eigenvalue weighted by molar-refractivity contribution is 0.449. The lowest BCUT2D eigenvalue weighted by atomic mass is 9.78. The molecule has 0 aliphatic heterocycles. The van der Waals surface area contributed by atoms with Gasteiger partial charge in [-0.1, -0.05) is 42.7 Å². The molecule has 0 unspecified atom stereocenters. The van der Waals surface area contributed by atoms with Crippen molar-refractivity contribution < 1.29 is 0 Å². The number of nitrogens with zero attached hydrogens (tertiary/aromatic N) is 2. The lowest BCUT2D eigenvalue weighted by Crippen LogP contribution is -2.33. The summed E-state index contributed by atoms with van der Waals surface area (Å²) >= 11 is 0. The summed E-state index contributed by atoms with van der Waals surface area (Å²) in [5, 5.41) is 0. The van der Waals surface area contributed by atoms with E-state index in [4.69, 9.17) is 5.73 Å². The normalized spacial score (nSPS) is 17.6. The zero-order valence-electron chi connectivity index (χ0n) is 12.7. The van der Waals surface area contributed by atoms with E-state index >= 15 is 0 Å². The Bertz CT molecular complexity index is 463. The number of rotatable bonds is 3. The number of hydrogen-bond donors (Lipinski definition) is 1. The van der Waals surface area contributed by atoms with Crippen LogP contribution >= 0.6 is 24.0 Å². The molecule has 1 saturated carbocycles. The summed E-state index contributed by atoms with van der Waals surface area (Å²) in [6.07, 6.45) is 5.04. The lowest BCUT2D eigenvalue weighted by Gasteiger charge is -2.28. The maximum atomic E-state index is 5.94. The van der Waals surface area contributed by atoms with E-state index in [1.807, 2.05) is 19.0 Å². The van der Waals surface area contributed by atoms with Crippen molar-refractivity contribution in [1.82, 2.24) is 4.90 Å². The summed E-state index contributed by atoms with van der Waals surface area (Å²) in [7, 11) is 3.87. The average Bonchev–Trinajstić information content (AvgIpc) is 2.86. The minimum Gasteiger partial charge on any atom is -0.370 e. The highest BCUT2D eigenvalue weighted by Gasteiger charge is 2.35. The summed E-state index contributed by atoms with van der Waals surface area (Å²) in [6, 6.07) is 8.87. The van der Waals surface area contributed by atoms with Crippen LogP contribution in [0, 0.1) is 6.92 Å². The van der Waals surface area contributed by atoms with E-state index in [0.29, 0.717) is 5.96 Å². The molecule has 3 nitrogen and oxygen atoms in total. The molecule has 0 saturated heterocycles. The SMILES string of the molecule is Cc1cccc(C2(CN=C(N)N(C)C)CCCC2)c1.I. The third-order valence-corrected chi connectivity index (χ3v) is 4.19. The van der Waals surface area contributed by atoms with Gasteiger partial charge in [-0.05, 0) is 25.3 Å². The van der Waals surface area contributed by atoms with Gasteiger partial charge in [-0.15, -0.1) is 24.0 Å². The molecule has 0 atom stereocenters. The van der Waals surface area contributed by atoms with Crippen molar-refractivity contribution in [1.29, 1.82) is 0 Å². The predicted octanol–water partition coefficient (Wildman–Crippen LogP) is 3.30. The van der Waals surface area contributed by atoms with Crippen molar-refractivity contribution in [3.05, 3.63) is 35.4 Å². The van der Waals surface area contributed by atoms with E-state index in [1.165, 1.54) is 36.8 Å². The van der Waals surface area contributed by atoms with Gasteiger partial charge in [0, 0.05) is 19.5 Å². The Kier molecular flexibility index (Phi) is 6.30. The number of hydrogen-bond acceptors (Lipinski definition) is 1. The molecular weight excluding hydrogens is 361 g/mol. The second-order valence-corrected chi connectivity index (χ2v) is 5.93. The van der Waals surface area contributed by atoms with Gasteiger partial charge in [-0.2, -0.15) is 0 Å². The first-order chi connectivity index (χ1) is 9.03. The van der Waals surface area contributed by atoms with Crippen molar-refractivity contribution in [3.63, 3.8) is 0 Å². The average molecular weight is 387 g/mol. The molecule has 0 bridgehead atoms. The van der Waals surface area contributed by atoms with Gasteiger partial charge in [-0.3, -0.25) is 4.99 Å². The van der Waals surface area contributed by atoms with Crippen molar-refractivity contribution in [3.8, 4) is 0 Å². The van der Waals surface area contributed by atoms with Crippen LogP contribution in [-0.4, -0.2) is 31.5 Å². The summed E-state index contributed by atoms with van der Waals surface area (Å²) in [5.74, 6) is 0.624. The Labute approximate surface area is 139 Å². The molecule has 0 heterocycles. The molecule has 1 fully saturated rings. The summed E-state index contributed by atoms with van der Waals surface area (Å²) in [5.41, 5.74) is 8.90. The molecule has 0 amide bonds. The zero-order chi connectivity index (χ0) is 13.9. The van der Waals surface area contributed by atoms with Gasteiger partial charge in [-0.25, -0.2) is 0 Å². The van der Waals surface area contributed by atoms with Gasteiger partial charge in [0.05, 0.1) is 6.54 Å². The van der Waals surface area contributed by atoms with E-state index in [1.54, 1.807) is 0 Å². The number of aliphatic imine (C=N–C) groups is 1. The maximum absolute atomic E-state index is 5.94. The Morgan fingerprint density at radius 2 is 1.95 bits per heavy atom. The number of aryl methyl sites for hydroxylation is 1. The Morgan fingerprint density at radius 1 is 1.30 bits per heavy atom. The summed E-state index contributed by atoms with van der Waals surface area (Å²) in [4.78, 5) is 6.48. The second-order valence-electron chi connectivity index (χ2n) is 5.93. The fourth-order valence-corrected chi connectivity index (χ4v) is 2.94. The maximum Gasteiger partial charge on any atom is 0.190 e. The predicted molar refractivity (Wildman–Crippen MR) is 96.9 cm³/mol. The van der Waals surface area contributed by atoms with Gasteiger partial charge in [0.15, 0.2) is 5.96 Å². The monoisotopic (exact) mass is 387 g/mol. The quantitative estimate of drug-likeness (QED) is 0.491. The standard InChI is InChI=1S/C16H25N3.HI/c1-13-7-6-8-14(11-13)16(9-4-5-10-16)12-18-15(17)19(2)3;/h6-8,11H,4-5,9-10,12H2,1-3H3,(H2,17,18);1H. The van der Waals surface area contributed by atoms with E-state index in [2.05, 4.69) is 36.2 Å². The van der Waals surface area contributed by atoms with Gasteiger partial charge < -0.3 is 10.6 Å². The number of halogens is 1. The molecule has 112 valence electrons. The first-order valence-electron chi connectivity index (χ1n) is 7.08. The third-order valence-electron chi connectivity index (χ3n) is 4.19. The van der Waals surface area contributed by atoms with Crippen LogP contribution in [0.15, 0.2) is 29.3 Å². The molecule has 1 aromatic carbocycles. The van der Waals surface area contributed by atoms with Crippen molar-refractivity contribution in [2.45, 2.75) is 38.0 Å². The Morgan fingerprint density at radius 3 is 2.50 bits per heavy atom. The highest BCUT2D eigenvalue weighted by atomic mass is 127. The van der Waals surface area contributed by atoms with Crippen LogP contribution in [0.2, 0.25) is 0 Å². The largest absolute Gasteiger partial charge is 0.370 e. The highest BCUT2D eigenvalue weighted by molar-refractivity contribution is 14.0. The fourth-order valence-electron chi connectivity index (χ4n) is 2.94. The Hall–Kier alpha value is -0.780. The minimum atomic E-state index is 0. The summed E-state index contributed by atoms with van der Waals surface area (Å²) in [6.45, 7) is 2.96. The van der Waals surface area contributed by atoms with E-state index in [0.717, 1.165) is 6.54 Å². The van der Waals surface area contributed by atoms with Gasteiger partial charge in [0.1, 0.15) is 0 Å². The molecule has 2 rings (SSSR count). The number of guanidine groups is 1. The molecule has 1 aliphatic rings. The van der Waals surface area contributed by atoms with E-state index in [9.17, 15) is 0 Å². The van der Waals surface area contributed by atoms with E-state index < -0.39 is 0 Å². The van der Waals surface area contributed by atoms with Crippen molar-refractivity contribution in [2.75, 3.05) is 20.6 Å². The minimum absolute atomic E-state index is 0. The topological polar surface area (TPSA) is 41.6 Å². The number of benzene rings is 1. The smallest absolute Gasteiger partial charge is 0.190 e. The second kappa shape index (κ2) is 7.29. The van der Waals surface area contributed by atoms with Gasteiger partial charge >= 0.3 is 0 Å². The molecular formula is C16H26IN3. The van der Waals surface area contributed by atoms with Gasteiger partial charge in [0.2, 0.25) is 0 Å². The Balaban J connectivity index is 0.00000200. The third kappa shape index (κ3) is 3.87. The van der Waals surface area contributed by atoms with Crippen molar-refractivity contribution in [2.24, 2.45) is 10.7 Å². The van der Waals surface area contributed by atoms with Gasteiger partial charge in [0.25, 0.3) is 0 Å². The molecule has 4 heteroatoms. The van der Waals surface area contributed by atoms with E-state index in [-0.39, 0.29) is 29.4 Å². The molecule has 0 radical (unpaired) electrons. The van der Waals surface area contributed by atoms with Crippen LogP contribution in [0.5, 0.6) is 0 Å². The molecule has 0 aromatic heterocycles. The molecule has 1 aliphatic carbocycles. The fraction of sp³-hybridized carbons (Fsp3) is 0.562. The zero-order valence-corrected chi connectivity index (χ0v) is 15.1. The van der Waals surface area contributed by atoms with Crippen LogP contribution in [0.1, 0.15) is 36.8 Å². The first-order valence-corrected chi connectivity index (χ1v) is 7.08. The van der Waals surface area contributed by atoms with Crippen LogP contribution in [0.3, 0.4) is 0 Å². The molecule has 2 N–H and O–H groups in total. The first kappa shape index (κ1) is 17.3. The highest BCUT2D eigenvalue weighted by Crippen LogP contribution is 2.41.